The molecule has 0 aromatic carbocycles. The average Bonchev–Trinajstić information content (AvgIpc) is 1.41. The molecule has 0 fully saturated rings. The molecule has 0 heterocycles. The SMILES string of the molecule is CO.[Br][Zn]([Br])[Br]. The second-order valence-corrected chi connectivity index (χ2v) is 42.5. The van der Waals surface area contributed by atoms with Gasteiger partial charge in [-0.25, -0.2) is 0 Å². The third kappa shape index (κ3) is 37.1. The zero-order chi connectivity index (χ0) is 5.58. The quantitative estimate of drug-likeness (QED) is 0.672. The van der Waals surface area contributed by atoms with Gasteiger partial charge in [0.05, 0.1) is 0 Å². The van der Waals surface area contributed by atoms with E-state index in [1.54, 1.807) is 0 Å². The molecule has 0 aliphatic heterocycles. The summed E-state index contributed by atoms with van der Waals surface area (Å²) in [5.41, 5.74) is 0. The summed E-state index contributed by atoms with van der Waals surface area (Å²) in [6.07, 6.45) is 0. The molecule has 0 atom stereocenters. The van der Waals surface area contributed by atoms with E-state index in [4.69, 9.17) is 5.11 Å². The van der Waals surface area contributed by atoms with Gasteiger partial charge in [-0.05, 0) is 0 Å². The number of hydrogen-bond donors (Lipinski definition) is 1. The van der Waals surface area contributed by atoms with E-state index in [1.165, 1.54) is 0 Å². The van der Waals surface area contributed by atoms with Crippen LogP contribution in [0.25, 0.3) is 0 Å². The van der Waals surface area contributed by atoms with Crippen molar-refractivity contribution >= 4 is 40.9 Å². The van der Waals surface area contributed by atoms with E-state index in [0.29, 0.717) is 0 Å². The summed E-state index contributed by atoms with van der Waals surface area (Å²) >= 11 is 9.94. The molecular formula is CH4Br3OZn. The van der Waals surface area contributed by atoms with Gasteiger partial charge in [0, 0.05) is 7.11 Å². The fourth-order valence-corrected chi connectivity index (χ4v) is 0. The molecule has 6 heavy (non-hydrogen) atoms. The molecule has 0 saturated heterocycles. The predicted molar refractivity (Wildman–Crippen MR) is 34.9 cm³/mol. The summed E-state index contributed by atoms with van der Waals surface area (Å²) < 4.78 is 0. The molecule has 1 nitrogen and oxygen atoms in total. The molecule has 37 valence electrons. The van der Waals surface area contributed by atoms with Crippen LogP contribution >= 0.6 is 40.9 Å². The van der Waals surface area contributed by atoms with Gasteiger partial charge in [0.25, 0.3) is 0 Å². The van der Waals surface area contributed by atoms with Crippen LogP contribution in [-0.4, -0.2) is 12.2 Å². The van der Waals surface area contributed by atoms with Gasteiger partial charge in [0.2, 0.25) is 0 Å². The fraction of sp³-hybridized carbons (Fsp3) is 1.00. The van der Waals surface area contributed by atoms with Crippen LogP contribution in [0, 0.1) is 0 Å². The van der Waals surface area contributed by atoms with Crippen LogP contribution < -0.4 is 0 Å². The van der Waals surface area contributed by atoms with Crippen LogP contribution in [0.5, 0.6) is 0 Å². The van der Waals surface area contributed by atoms with Crippen LogP contribution in [0.3, 0.4) is 0 Å². The number of hydrogen-bond acceptors (Lipinski definition) is 1. The molecule has 0 aliphatic carbocycles. The number of halogens is 3. The number of rotatable bonds is 0. The first-order valence-corrected chi connectivity index (χ1v) is 22.1. The van der Waals surface area contributed by atoms with Crippen LogP contribution in [0.2, 0.25) is 0 Å². The molecule has 0 saturated carbocycles. The number of aliphatic hydroxyl groups is 1. The molecule has 0 spiro atoms. The fourth-order valence-electron chi connectivity index (χ4n) is 0. The Bertz CT molecular complexity index is 15.5. The maximum absolute atomic E-state index is 7.00. The zero-order valence-electron chi connectivity index (χ0n) is 3.29. The van der Waals surface area contributed by atoms with Crippen LogP contribution in [0.15, 0.2) is 0 Å². The Morgan fingerprint density at radius 1 is 1.17 bits per heavy atom. The molecule has 0 bridgehead atoms. The van der Waals surface area contributed by atoms with Crippen molar-refractivity contribution in [3.8, 4) is 0 Å². The molecule has 0 aliphatic rings. The summed E-state index contributed by atoms with van der Waals surface area (Å²) in [6, 6.07) is 0. The molecule has 0 radical (unpaired) electrons. The van der Waals surface area contributed by atoms with Crippen molar-refractivity contribution in [2.75, 3.05) is 7.11 Å². The first kappa shape index (κ1) is 10.9. The van der Waals surface area contributed by atoms with Gasteiger partial charge in [0.15, 0.2) is 0 Å². The standard InChI is InChI=1S/CH4O.3BrH.Zn/c1-2;;;;/h2H,1H3;3*1H;/q;;;;+3/p-3. The van der Waals surface area contributed by atoms with Crippen LogP contribution in [0.1, 0.15) is 0 Å². The zero-order valence-corrected chi connectivity index (χ0v) is 11.0. The predicted octanol–water partition coefficient (Wildman–Crippen LogP) is 2.14. The first-order valence-electron chi connectivity index (χ1n) is 1.25. The van der Waals surface area contributed by atoms with E-state index in [9.17, 15) is 0 Å². The Labute approximate surface area is 62.5 Å². The van der Waals surface area contributed by atoms with Crippen molar-refractivity contribution in [3.05, 3.63) is 0 Å². The van der Waals surface area contributed by atoms with Crippen molar-refractivity contribution in [2.24, 2.45) is 0 Å². The summed E-state index contributed by atoms with van der Waals surface area (Å²) in [5, 5.41) is 7.00. The Hall–Kier alpha value is 2.02. The third-order valence-electron chi connectivity index (χ3n) is 0. The second kappa shape index (κ2) is 10.1. The minimum absolute atomic E-state index is 1.00. The molecule has 0 rings (SSSR count). The molecule has 0 aromatic rings. The molecule has 0 unspecified atom stereocenters. The van der Waals surface area contributed by atoms with Crippen LogP contribution in [0.4, 0.5) is 0 Å². The Kier molecular flexibility index (Phi) is 18.4. The number of aliphatic hydroxyl groups excluding tert-OH is 1. The van der Waals surface area contributed by atoms with Crippen molar-refractivity contribution < 1.29 is 15.2 Å². The second-order valence-electron chi connectivity index (χ2n) is 0.303. The first-order chi connectivity index (χ1) is 2.73. The van der Waals surface area contributed by atoms with Crippen molar-refractivity contribution in [2.45, 2.75) is 0 Å². The van der Waals surface area contributed by atoms with Gasteiger partial charge in [0.1, 0.15) is 0 Å². The van der Waals surface area contributed by atoms with Crippen molar-refractivity contribution in [1.29, 1.82) is 0 Å². The van der Waals surface area contributed by atoms with E-state index >= 15 is 0 Å². The third-order valence-corrected chi connectivity index (χ3v) is 0. The summed E-state index contributed by atoms with van der Waals surface area (Å²) in [7, 11) is -0.188. The molecule has 0 aromatic heterocycles. The normalized spacial score (nSPS) is 5.50. The van der Waals surface area contributed by atoms with Crippen LogP contribution in [-0.2, 0) is 10.1 Å². The van der Waals surface area contributed by atoms with E-state index < -0.39 is 10.1 Å². The van der Waals surface area contributed by atoms with Gasteiger partial charge in [-0.1, -0.05) is 0 Å². The minimum atomic E-state index is -1.19. The van der Waals surface area contributed by atoms with Gasteiger partial charge >= 0.3 is 50.9 Å². The average molecular weight is 337 g/mol. The summed E-state index contributed by atoms with van der Waals surface area (Å²) in [6.45, 7) is 0. The maximum atomic E-state index is 7.00. The van der Waals surface area contributed by atoms with E-state index in [-0.39, 0.29) is 0 Å². The summed E-state index contributed by atoms with van der Waals surface area (Å²) in [4.78, 5) is 0. The van der Waals surface area contributed by atoms with E-state index in [2.05, 4.69) is 40.9 Å². The van der Waals surface area contributed by atoms with Gasteiger partial charge in [-0.2, -0.15) is 0 Å². The van der Waals surface area contributed by atoms with Crippen molar-refractivity contribution in [1.82, 2.24) is 0 Å². The molecule has 5 heteroatoms. The summed E-state index contributed by atoms with van der Waals surface area (Å²) in [5.74, 6) is 0. The van der Waals surface area contributed by atoms with Gasteiger partial charge in [-0.15, -0.1) is 0 Å². The topological polar surface area (TPSA) is 20.2 Å². The van der Waals surface area contributed by atoms with Gasteiger partial charge < -0.3 is 5.11 Å². The van der Waals surface area contributed by atoms with E-state index in [0.717, 1.165) is 7.11 Å². The Morgan fingerprint density at radius 3 is 1.17 bits per heavy atom. The Morgan fingerprint density at radius 2 is 1.17 bits per heavy atom. The van der Waals surface area contributed by atoms with Gasteiger partial charge in [-0.3, -0.25) is 0 Å². The monoisotopic (exact) mass is 333 g/mol. The molecule has 1 N–H and O–H groups in total. The van der Waals surface area contributed by atoms with Crippen molar-refractivity contribution in [3.63, 3.8) is 0 Å². The Balaban J connectivity index is 0. The molecular weight excluding hydrogens is 333 g/mol. The van der Waals surface area contributed by atoms with E-state index in [1.807, 2.05) is 0 Å². The molecule has 0 amide bonds.